The Morgan fingerprint density at radius 3 is 2.32 bits per heavy atom. The number of amides is 2. The van der Waals surface area contributed by atoms with E-state index in [0.29, 0.717) is 44.1 Å². The first-order valence-electron chi connectivity index (χ1n) is 12.0. The van der Waals surface area contributed by atoms with Crippen LogP contribution < -0.4 is 4.90 Å². The summed E-state index contributed by atoms with van der Waals surface area (Å²) in [6, 6.07) is 14.7. The second-order valence-corrected chi connectivity index (χ2v) is 8.92. The summed E-state index contributed by atoms with van der Waals surface area (Å²) in [4.78, 5) is 39.6. The fourth-order valence-electron chi connectivity index (χ4n) is 4.20. The van der Waals surface area contributed by atoms with Gasteiger partial charge in [-0.3, -0.25) is 14.6 Å². The van der Waals surface area contributed by atoms with Crippen molar-refractivity contribution >= 4 is 17.5 Å². The summed E-state index contributed by atoms with van der Waals surface area (Å²) >= 11 is 0. The lowest BCUT2D eigenvalue weighted by atomic mass is 10.1. The van der Waals surface area contributed by atoms with Gasteiger partial charge in [0.2, 0.25) is 5.91 Å². The van der Waals surface area contributed by atoms with Crippen LogP contribution in [0.1, 0.15) is 33.7 Å². The zero-order valence-electron chi connectivity index (χ0n) is 20.5. The van der Waals surface area contributed by atoms with Crippen LogP contribution in [0.2, 0.25) is 0 Å². The smallest absolute Gasteiger partial charge is 0.368 e. The summed E-state index contributed by atoms with van der Waals surface area (Å²) in [5, 5.41) is 0. The van der Waals surface area contributed by atoms with Crippen molar-refractivity contribution in [3.63, 3.8) is 0 Å². The van der Waals surface area contributed by atoms with Gasteiger partial charge < -0.3 is 14.7 Å². The van der Waals surface area contributed by atoms with E-state index < -0.39 is 11.7 Å². The summed E-state index contributed by atoms with van der Waals surface area (Å²) in [5.74, 6) is -0.414. The molecule has 0 N–H and O–H groups in total. The Bertz CT molecular complexity index is 1210. The van der Waals surface area contributed by atoms with Crippen LogP contribution in [-0.4, -0.2) is 64.3 Å². The minimum absolute atomic E-state index is 0.107. The van der Waals surface area contributed by atoms with Gasteiger partial charge in [0.1, 0.15) is 5.69 Å². The van der Waals surface area contributed by atoms with Gasteiger partial charge in [0.25, 0.3) is 5.91 Å². The average molecular weight is 512 g/mol. The van der Waals surface area contributed by atoms with E-state index in [4.69, 9.17) is 0 Å². The van der Waals surface area contributed by atoms with Crippen molar-refractivity contribution in [2.75, 3.05) is 37.6 Å². The van der Waals surface area contributed by atoms with Crippen LogP contribution in [0.5, 0.6) is 0 Å². The van der Waals surface area contributed by atoms with E-state index in [-0.39, 0.29) is 30.5 Å². The van der Waals surface area contributed by atoms with Crippen LogP contribution in [0, 0.1) is 6.92 Å². The molecule has 0 spiro atoms. The number of nitrogens with zero attached hydrogens (tertiary/aromatic N) is 5. The summed E-state index contributed by atoms with van der Waals surface area (Å²) < 4.78 is 39.2. The molecule has 2 aromatic carbocycles. The highest BCUT2D eigenvalue weighted by atomic mass is 19.4. The molecule has 0 unspecified atom stereocenters. The van der Waals surface area contributed by atoms with E-state index >= 15 is 0 Å². The lowest BCUT2D eigenvalue weighted by Crippen LogP contribution is -2.49. The Kier molecular flexibility index (Phi) is 8.05. The number of hydrogen-bond acceptors (Lipinski definition) is 5. The third-order valence-corrected chi connectivity index (χ3v) is 6.27. The van der Waals surface area contributed by atoms with Gasteiger partial charge in [0, 0.05) is 57.6 Å². The Balaban J connectivity index is 1.37. The Hall–Kier alpha value is -3.95. The number of anilines is 1. The first-order valence-corrected chi connectivity index (χ1v) is 12.0. The van der Waals surface area contributed by atoms with Gasteiger partial charge in [-0.2, -0.15) is 13.2 Å². The molecule has 10 heteroatoms. The molecule has 1 fully saturated rings. The molecule has 3 aromatic rings. The van der Waals surface area contributed by atoms with Crippen molar-refractivity contribution in [3.8, 4) is 0 Å². The van der Waals surface area contributed by atoms with Crippen molar-refractivity contribution in [1.29, 1.82) is 0 Å². The molecule has 2 heterocycles. The van der Waals surface area contributed by atoms with Crippen LogP contribution in [-0.2, 0) is 17.5 Å². The molecule has 1 saturated heterocycles. The van der Waals surface area contributed by atoms with E-state index in [1.807, 2.05) is 35.2 Å². The number of benzene rings is 2. The zero-order valence-corrected chi connectivity index (χ0v) is 20.5. The maximum absolute atomic E-state index is 13.2. The maximum atomic E-state index is 13.2. The number of aryl methyl sites for hydroxylation is 1. The van der Waals surface area contributed by atoms with Crippen molar-refractivity contribution in [3.05, 3.63) is 89.5 Å². The number of aromatic nitrogens is 2. The molecule has 0 atom stereocenters. The fraction of sp³-hybridized carbons (Fsp3) is 0.333. The number of hydrogen-bond donors (Lipinski definition) is 0. The molecule has 194 valence electrons. The molecule has 1 aliphatic rings. The molecule has 2 amide bonds. The number of alkyl halides is 3. The highest BCUT2D eigenvalue weighted by Crippen LogP contribution is 2.32. The molecule has 0 aliphatic carbocycles. The van der Waals surface area contributed by atoms with Crippen molar-refractivity contribution < 1.29 is 22.8 Å². The Labute approximate surface area is 213 Å². The predicted molar refractivity (Wildman–Crippen MR) is 133 cm³/mol. The van der Waals surface area contributed by atoms with Crippen LogP contribution in [0.25, 0.3) is 0 Å². The second-order valence-electron chi connectivity index (χ2n) is 8.92. The SMILES string of the molecule is Cc1cnc(C(=O)N(CCC(=O)N2CCN(c3cccc(C(F)(F)F)c3)CC2)Cc2ccccc2)cn1. The molecule has 1 aromatic heterocycles. The van der Waals surface area contributed by atoms with Crippen LogP contribution in [0.15, 0.2) is 67.0 Å². The van der Waals surface area contributed by atoms with E-state index in [9.17, 15) is 22.8 Å². The molecule has 4 rings (SSSR count). The van der Waals surface area contributed by atoms with Crippen molar-refractivity contribution in [2.24, 2.45) is 0 Å². The quantitative estimate of drug-likeness (QED) is 0.476. The van der Waals surface area contributed by atoms with E-state index in [1.54, 1.807) is 22.8 Å². The summed E-state index contributed by atoms with van der Waals surface area (Å²) in [7, 11) is 0. The van der Waals surface area contributed by atoms with Gasteiger partial charge in [0.15, 0.2) is 0 Å². The van der Waals surface area contributed by atoms with Crippen LogP contribution in [0.3, 0.4) is 0 Å². The number of rotatable bonds is 7. The number of piperazine rings is 1. The maximum Gasteiger partial charge on any atom is 0.416 e. The van der Waals surface area contributed by atoms with Crippen LogP contribution in [0.4, 0.5) is 18.9 Å². The lowest BCUT2D eigenvalue weighted by molar-refractivity contribution is -0.137. The topological polar surface area (TPSA) is 69.6 Å². The largest absolute Gasteiger partial charge is 0.416 e. The van der Waals surface area contributed by atoms with Gasteiger partial charge >= 0.3 is 6.18 Å². The van der Waals surface area contributed by atoms with Gasteiger partial charge in [-0.25, -0.2) is 4.98 Å². The molecular weight excluding hydrogens is 483 g/mol. The number of carbonyl (C=O) groups excluding carboxylic acids is 2. The number of carbonyl (C=O) groups is 2. The van der Waals surface area contributed by atoms with Crippen molar-refractivity contribution in [1.82, 2.24) is 19.8 Å². The third-order valence-electron chi connectivity index (χ3n) is 6.27. The van der Waals surface area contributed by atoms with Crippen LogP contribution >= 0.6 is 0 Å². The average Bonchev–Trinajstić information content (AvgIpc) is 2.91. The first-order chi connectivity index (χ1) is 17.7. The Morgan fingerprint density at radius 1 is 0.946 bits per heavy atom. The Morgan fingerprint density at radius 2 is 1.68 bits per heavy atom. The monoisotopic (exact) mass is 511 g/mol. The highest BCUT2D eigenvalue weighted by molar-refractivity contribution is 5.92. The van der Waals surface area contributed by atoms with Gasteiger partial charge in [-0.15, -0.1) is 0 Å². The van der Waals surface area contributed by atoms with E-state index in [0.717, 1.165) is 17.7 Å². The number of halogens is 3. The molecule has 37 heavy (non-hydrogen) atoms. The highest BCUT2D eigenvalue weighted by Gasteiger charge is 2.31. The molecule has 1 aliphatic heterocycles. The predicted octanol–water partition coefficient (Wildman–Crippen LogP) is 4.19. The van der Waals surface area contributed by atoms with E-state index in [2.05, 4.69) is 9.97 Å². The summed E-state index contributed by atoms with van der Waals surface area (Å²) in [6.07, 6.45) is -1.31. The van der Waals surface area contributed by atoms with Gasteiger partial charge in [0.05, 0.1) is 17.5 Å². The summed E-state index contributed by atoms with van der Waals surface area (Å²) in [6.45, 7) is 3.96. The minimum Gasteiger partial charge on any atom is -0.368 e. The normalized spacial score (nSPS) is 13.9. The molecule has 0 bridgehead atoms. The standard InChI is InChI=1S/C27H28F3N5O2/c1-20-17-32-24(18-31-20)26(37)35(19-21-6-3-2-4-7-21)11-10-25(36)34-14-12-33(13-15-34)23-9-5-8-22(16-23)27(28,29)30/h2-9,16-18H,10-15,19H2,1H3. The fourth-order valence-corrected chi connectivity index (χ4v) is 4.20. The van der Waals surface area contributed by atoms with Gasteiger partial charge in [-0.1, -0.05) is 36.4 Å². The lowest BCUT2D eigenvalue weighted by Gasteiger charge is -2.36. The molecular formula is C27H28F3N5O2. The minimum atomic E-state index is -4.40. The third kappa shape index (κ3) is 6.84. The van der Waals surface area contributed by atoms with Gasteiger partial charge in [-0.05, 0) is 30.7 Å². The molecule has 7 nitrogen and oxygen atoms in total. The zero-order chi connectivity index (χ0) is 26.4. The van der Waals surface area contributed by atoms with E-state index in [1.165, 1.54) is 18.5 Å². The molecule has 0 saturated carbocycles. The summed E-state index contributed by atoms with van der Waals surface area (Å²) in [5.41, 5.74) is 1.64. The second kappa shape index (κ2) is 11.4. The molecule has 0 radical (unpaired) electrons. The first kappa shape index (κ1) is 26.1. The van der Waals surface area contributed by atoms with Crippen molar-refractivity contribution in [2.45, 2.75) is 26.1 Å².